The normalized spacial score (nSPS) is 17.2. The maximum Gasteiger partial charge on any atom is 0.274 e. The van der Waals surface area contributed by atoms with Crippen molar-refractivity contribution in [2.45, 2.75) is 18.4 Å². The molecule has 26 heavy (non-hydrogen) atoms. The van der Waals surface area contributed by atoms with Crippen molar-refractivity contribution in [3.05, 3.63) is 95.8 Å². The zero-order chi connectivity index (χ0) is 17.3. The summed E-state index contributed by atoms with van der Waals surface area (Å²) in [5.41, 5.74) is 8.02. The maximum atomic E-state index is 13.1. The molecule has 0 unspecified atom stereocenters. The van der Waals surface area contributed by atoms with Gasteiger partial charge in [0.05, 0.1) is 5.70 Å². The summed E-state index contributed by atoms with van der Waals surface area (Å²) in [6.07, 6.45) is 6.71. The van der Waals surface area contributed by atoms with Gasteiger partial charge in [-0.05, 0) is 23.3 Å². The summed E-state index contributed by atoms with van der Waals surface area (Å²) in [6, 6.07) is 20.1. The van der Waals surface area contributed by atoms with Crippen LogP contribution in [0.5, 0.6) is 0 Å². The quantitative estimate of drug-likeness (QED) is 0.904. The number of benzene rings is 2. The minimum Gasteiger partial charge on any atom is -0.396 e. The van der Waals surface area contributed by atoms with Crippen LogP contribution in [0, 0.1) is 0 Å². The molecule has 4 nitrogen and oxygen atoms in total. The van der Waals surface area contributed by atoms with E-state index >= 15 is 0 Å². The summed E-state index contributed by atoms with van der Waals surface area (Å²) in [5.74, 6) is 0.414. The first-order valence-electron chi connectivity index (χ1n) is 8.34. The monoisotopic (exact) mass is 365 g/mol. The summed E-state index contributed by atoms with van der Waals surface area (Å²) < 4.78 is 0. The van der Waals surface area contributed by atoms with Crippen molar-refractivity contribution < 1.29 is 4.79 Å². The smallest absolute Gasteiger partial charge is 0.274 e. The number of amidine groups is 1. The second-order valence-electron chi connectivity index (χ2n) is 6.43. The zero-order valence-corrected chi connectivity index (χ0v) is 15.0. The first-order chi connectivity index (χ1) is 12.2. The number of carbonyl (C=O) groups excluding carboxylic acids is 1. The van der Waals surface area contributed by atoms with Gasteiger partial charge < -0.3 is 10.6 Å². The average Bonchev–Trinajstić information content (AvgIpc) is 2.90. The summed E-state index contributed by atoms with van der Waals surface area (Å²) in [4.78, 5) is 19.3. The van der Waals surface area contributed by atoms with Crippen LogP contribution in [0.3, 0.4) is 0 Å². The van der Waals surface area contributed by atoms with Crippen molar-refractivity contribution in [3.63, 3.8) is 0 Å². The molecule has 0 bridgehead atoms. The predicted molar refractivity (Wildman–Crippen MR) is 106 cm³/mol. The molecule has 0 radical (unpaired) electrons. The molecule has 132 valence electrons. The van der Waals surface area contributed by atoms with Crippen LogP contribution in [-0.4, -0.2) is 22.2 Å². The largest absolute Gasteiger partial charge is 0.396 e. The molecular weight excluding hydrogens is 346 g/mol. The third kappa shape index (κ3) is 3.04. The van der Waals surface area contributed by atoms with Crippen LogP contribution in [0.4, 0.5) is 0 Å². The van der Waals surface area contributed by atoms with Crippen LogP contribution in [0.1, 0.15) is 11.1 Å². The van der Waals surface area contributed by atoms with E-state index in [9.17, 15) is 4.79 Å². The SMILES string of the molecule is Cl.NC1=CC=CN2C1=NC(=O)C2(Cc1ccccc1)Cc1ccccc1. The van der Waals surface area contributed by atoms with Gasteiger partial charge in [-0.2, -0.15) is 4.99 Å². The minimum atomic E-state index is -0.784. The van der Waals surface area contributed by atoms with Gasteiger partial charge in [-0.1, -0.05) is 60.7 Å². The molecule has 2 aromatic rings. The number of allylic oxidation sites excluding steroid dienone is 2. The van der Waals surface area contributed by atoms with E-state index < -0.39 is 5.54 Å². The van der Waals surface area contributed by atoms with Gasteiger partial charge in [0.1, 0.15) is 5.54 Å². The molecule has 2 aliphatic rings. The van der Waals surface area contributed by atoms with Crippen molar-refractivity contribution in [1.29, 1.82) is 0 Å². The Balaban J connectivity index is 0.00000196. The summed E-state index contributed by atoms with van der Waals surface area (Å²) in [6.45, 7) is 0. The lowest BCUT2D eigenvalue weighted by Crippen LogP contribution is -2.53. The highest BCUT2D eigenvalue weighted by Gasteiger charge is 2.50. The van der Waals surface area contributed by atoms with E-state index in [2.05, 4.69) is 4.99 Å². The number of rotatable bonds is 4. The summed E-state index contributed by atoms with van der Waals surface area (Å²) >= 11 is 0. The van der Waals surface area contributed by atoms with Gasteiger partial charge in [0.25, 0.3) is 5.91 Å². The molecule has 0 saturated heterocycles. The molecule has 0 aromatic heterocycles. The van der Waals surface area contributed by atoms with E-state index in [1.54, 1.807) is 6.08 Å². The molecule has 4 rings (SSSR count). The number of hydrogen-bond acceptors (Lipinski definition) is 3. The number of halogens is 1. The van der Waals surface area contributed by atoms with E-state index in [1.165, 1.54) is 0 Å². The second-order valence-corrected chi connectivity index (χ2v) is 6.43. The Bertz CT molecular complexity index is 846. The Morgan fingerprint density at radius 2 is 1.46 bits per heavy atom. The number of carbonyl (C=O) groups is 1. The van der Waals surface area contributed by atoms with Gasteiger partial charge in [-0.25, -0.2) is 0 Å². The third-order valence-electron chi connectivity index (χ3n) is 4.74. The van der Waals surface area contributed by atoms with Crippen molar-refractivity contribution in [1.82, 2.24) is 4.90 Å². The Labute approximate surface area is 159 Å². The maximum absolute atomic E-state index is 13.1. The number of hydrogen-bond donors (Lipinski definition) is 1. The molecule has 2 N–H and O–H groups in total. The van der Waals surface area contributed by atoms with E-state index in [1.807, 2.05) is 77.8 Å². The molecular formula is C21H20ClN3O. The van der Waals surface area contributed by atoms with Crippen molar-refractivity contribution in [2.75, 3.05) is 0 Å². The van der Waals surface area contributed by atoms with E-state index in [0.29, 0.717) is 24.4 Å². The van der Waals surface area contributed by atoms with Crippen LogP contribution in [0.15, 0.2) is 89.7 Å². The molecule has 0 aliphatic carbocycles. The van der Waals surface area contributed by atoms with Gasteiger partial charge >= 0.3 is 0 Å². The lowest BCUT2D eigenvalue weighted by Gasteiger charge is -2.37. The van der Waals surface area contributed by atoms with Crippen molar-refractivity contribution >= 4 is 24.1 Å². The lowest BCUT2D eigenvalue weighted by molar-refractivity contribution is -0.124. The van der Waals surface area contributed by atoms with Gasteiger partial charge in [0, 0.05) is 19.0 Å². The van der Waals surface area contributed by atoms with E-state index in [4.69, 9.17) is 5.73 Å². The molecule has 2 aliphatic heterocycles. The lowest BCUT2D eigenvalue weighted by atomic mass is 9.83. The first kappa shape index (κ1) is 18.0. The first-order valence-corrected chi connectivity index (χ1v) is 8.34. The van der Waals surface area contributed by atoms with Crippen LogP contribution in [-0.2, 0) is 17.6 Å². The predicted octanol–water partition coefficient (Wildman–Crippen LogP) is 3.24. The molecule has 2 heterocycles. The zero-order valence-electron chi connectivity index (χ0n) is 14.2. The summed E-state index contributed by atoms with van der Waals surface area (Å²) in [7, 11) is 0. The molecule has 0 saturated carbocycles. The highest BCUT2D eigenvalue weighted by molar-refractivity contribution is 6.14. The van der Waals surface area contributed by atoms with E-state index in [0.717, 1.165) is 11.1 Å². The standard InChI is InChI=1S/C21H19N3O.ClH/c22-18-12-7-13-24-19(18)23-20(25)21(24,14-16-8-3-1-4-9-16)15-17-10-5-2-6-11-17;/h1-13H,14-15,22H2;1H. The average molecular weight is 366 g/mol. The van der Waals surface area contributed by atoms with Crippen molar-refractivity contribution in [3.8, 4) is 0 Å². The number of aliphatic imine (C=N–C) groups is 1. The van der Waals surface area contributed by atoms with Gasteiger partial charge in [-0.15, -0.1) is 12.4 Å². The number of fused-ring (bicyclic) bond motifs is 1. The Kier molecular flexibility index (Phi) is 4.96. The van der Waals surface area contributed by atoms with Crippen molar-refractivity contribution in [2.24, 2.45) is 10.7 Å². The van der Waals surface area contributed by atoms with Crippen LogP contribution in [0.2, 0.25) is 0 Å². The van der Waals surface area contributed by atoms with Gasteiger partial charge in [0.2, 0.25) is 0 Å². The molecule has 1 amide bonds. The fourth-order valence-corrected chi connectivity index (χ4v) is 3.54. The minimum absolute atomic E-state index is 0. The molecule has 0 fully saturated rings. The van der Waals surface area contributed by atoms with E-state index in [-0.39, 0.29) is 18.3 Å². The molecule has 5 heteroatoms. The number of nitrogens with zero attached hydrogens (tertiary/aromatic N) is 2. The van der Waals surface area contributed by atoms with Crippen LogP contribution < -0.4 is 5.73 Å². The van der Waals surface area contributed by atoms with Gasteiger partial charge in [-0.3, -0.25) is 4.79 Å². The summed E-state index contributed by atoms with van der Waals surface area (Å²) in [5, 5.41) is 0. The fraction of sp³-hybridized carbons (Fsp3) is 0.143. The highest BCUT2D eigenvalue weighted by atomic mass is 35.5. The van der Waals surface area contributed by atoms with Gasteiger partial charge in [0.15, 0.2) is 5.84 Å². The fourth-order valence-electron chi connectivity index (χ4n) is 3.54. The molecule has 0 atom stereocenters. The molecule has 0 spiro atoms. The Morgan fingerprint density at radius 1 is 0.923 bits per heavy atom. The Morgan fingerprint density at radius 3 is 2.00 bits per heavy atom. The highest BCUT2D eigenvalue weighted by Crippen LogP contribution is 2.35. The molecule has 2 aromatic carbocycles. The topological polar surface area (TPSA) is 58.7 Å². The number of nitrogens with two attached hydrogens (primary N) is 1. The Hall–Kier alpha value is -2.85. The number of amides is 1. The second kappa shape index (κ2) is 7.18. The third-order valence-corrected chi connectivity index (χ3v) is 4.74. The van der Waals surface area contributed by atoms with Crippen LogP contribution >= 0.6 is 12.4 Å². The van der Waals surface area contributed by atoms with Crippen LogP contribution in [0.25, 0.3) is 0 Å².